The molecule has 6 heterocycles. The number of halogens is 3. The van der Waals surface area contributed by atoms with Crippen molar-refractivity contribution in [3.63, 3.8) is 0 Å². The van der Waals surface area contributed by atoms with Crippen LogP contribution < -0.4 is 47.3 Å². The van der Waals surface area contributed by atoms with Crippen LogP contribution in [0, 0.1) is 17.8 Å². The minimum absolute atomic E-state index is 0.182. The van der Waals surface area contributed by atoms with Gasteiger partial charge in [-0.15, -0.1) is 0 Å². The van der Waals surface area contributed by atoms with E-state index < -0.39 is 241 Å². The Morgan fingerprint density at radius 1 is 0.414 bits per heavy atom. The first-order chi connectivity index (χ1) is 52.1. The highest BCUT2D eigenvalue weighted by Crippen LogP contribution is 2.54. The highest BCUT2D eigenvalue weighted by molar-refractivity contribution is 7.55. The largest absolute Gasteiger partial charge is 0.463 e. The molecule has 3 aliphatic rings. The molecule has 0 radical (unpaired) electrons. The van der Waals surface area contributed by atoms with E-state index >= 15 is 0 Å². The van der Waals surface area contributed by atoms with E-state index in [1.165, 1.54) is 57.2 Å². The molecule has 3 aromatic carbocycles. The van der Waals surface area contributed by atoms with Crippen molar-refractivity contribution in [3.8, 4) is 17.2 Å². The lowest BCUT2D eigenvalue weighted by atomic mass is 9.95. The van der Waals surface area contributed by atoms with Crippen molar-refractivity contribution in [3.05, 3.63) is 190 Å². The van der Waals surface area contributed by atoms with Crippen molar-refractivity contribution < 1.29 is 127 Å². The Labute approximate surface area is 630 Å². The number of aliphatic hydroxyl groups excluding tert-OH is 3. The molecule has 3 fully saturated rings. The van der Waals surface area contributed by atoms with E-state index in [4.69, 9.17) is 55.6 Å². The lowest BCUT2D eigenvalue weighted by Crippen LogP contribution is -2.51. The van der Waals surface area contributed by atoms with E-state index in [9.17, 15) is 101 Å². The van der Waals surface area contributed by atoms with Crippen LogP contribution in [-0.2, 0) is 70.1 Å². The number of esters is 3. The number of hydrogen-bond acceptors (Lipinski definition) is 30. The number of para-hydroxylation sites is 3. The first-order valence-electron chi connectivity index (χ1n) is 34.5. The molecule has 4 unspecified atom stereocenters. The predicted molar refractivity (Wildman–Crippen MR) is 384 cm³/mol. The second-order valence-corrected chi connectivity index (χ2v) is 33.1. The summed E-state index contributed by atoms with van der Waals surface area (Å²) in [5, 5.41) is 64.3. The highest BCUT2D eigenvalue weighted by atomic mass is 31.2. The maximum atomic E-state index is 13.9. The number of aromatic nitrogens is 6. The number of nitrogens with zero attached hydrogens (tertiary/aromatic N) is 3. The molecule has 3 aliphatic heterocycles. The highest BCUT2D eigenvalue weighted by Gasteiger charge is 2.60. The monoisotopic (exact) mass is 1630 g/mol. The zero-order valence-electron chi connectivity index (χ0n) is 61.4. The summed E-state index contributed by atoms with van der Waals surface area (Å²) in [5.41, 5.74) is -13.0. The van der Waals surface area contributed by atoms with E-state index in [1.54, 1.807) is 96.1 Å². The van der Waals surface area contributed by atoms with Crippen LogP contribution in [0.5, 0.6) is 17.2 Å². The molecule has 42 heteroatoms. The molecule has 0 saturated carbocycles. The van der Waals surface area contributed by atoms with Gasteiger partial charge >= 0.3 is 57.8 Å². The van der Waals surface area contributed by atoms with Crippen molar-refractivity contribution in [2.45, 2.75) is 153 Å². The van der Waals surface area contributed by atoms with Gasteiger partial charge in [0.2, 0.25) is 0 Å². The van der Waals surface area contributed by atoms with E-state index in [1.807, 2.05) is 15.0 Å². The third kappa shape index (κ3) is 23.3. The minimum atomic E-state index is -4.12. The van der Waals surface area contributed by atoms with Crippen molar-refractivity contribution in [2.75, 3.05) is 58.3 Å². The summed E-state index contributed by atoms with van der Waals surface area (Å²) in [7, 11) is -12.3. The average molecular weight is 1630 g/mol. The molecule has 0 amide bonds. The van der Waals surface area contributed by atoms with Crippen LogP contribution in [0.4, 0.5) is 13.2 Å². The molecule has 9 N–H and O–H groups in total. The molecule has 0 spiro atoms. The molecule has 6 aromatic rings. The first-order valence-corrected chi connectivity index (χ1v) is 39.7. The van der Waals surface area contributed by atoms with Crippen LogP contribution in [-0.4, -0.2) is 207 Å². The van der Waals surface area contributed by atoms with Gasteiger partial charge in [-0.05, 0) is 77.9 Å². The quantitative estimate of drug-likeness (QED) is 0.0159. The zero-order chi connectivity index (χ0) is 82.1. The van der Waals surface area contributed by atoms with Crippen LogP contribution >= 0.6 is 22.8 Å². The fourth-order valence-electron chi connectivity index (χ4n) is 11.2. The molecule has 612 valence electrons. The normalized spacial score (nSPS) is 26.0. The number of ether oxygens (including phenoxy) is 6. The number of rotatable bonds is 33. The Morgan fingerprint density at radius 3 is 0.838 bits per heavy atom. The molecule has 0 aliphatic carbocycles. The minimum Gasteiger partial charge on any atom is -0.463 e. The summed E-state index contributed by atoms with van der Waals surface area (Å²) >= 11 is 0. The van der Waals surface area contributed by atoms with Gasteiger partial charge in [0.15, 0.2) is 35.5 Å². The third-order valence-electron chi connectivity index (χ3n) is 16.8. The van der Waals surface area contributed by atoms with Gasteiger partial charge < -0.3 is 72.6 Å². The number of benzene rings is 3. The van der Waals surface area contributed by atoms with Crippen molar-refractivity contribution >= 4 is 40.7 Å². The number of alkyl halides is 3. The Hall–Kier alpha value is -8.49. The predicted octanol–water partition coefficient (Wildman–Crippen LogP) is 4.12. The SMILES string of the molecule is CC(C)OC(=O)[C@H](C)CP(=O)(OC[C@H]1O[C@@H](n2ccc(=O)[nH]c2=O)C(O)(CF)[C@H]1O)Oc1ccccc1.CC(C)OC(=O)[C@H](C)C[P@@](=O)(OC[C@H]1O[C@@H](n2ccc(=O)[nH]c2=O)C(O)(CF)[C@H]1O)Oc1ccccc1.CC(C)OC(=O)[C@H](C)C[P@](=O)(OC[C@H]1O[C@@H](n2ccc(=O)[nH]c2=O)C(O)(CF)[C@H]1O)Oc1ccccc1. The summed E-state index contributed by atoms with van der Waals surface area (Å²) in [6.45, 7) is 7.90. The lowest BCUT2D eigenvalue weighted by molar-refractivity contribution is -0.152. The van der Waals surface area contributed by atoms with Crippen LogP contribution in [0.15, 0.2) is 157 Å². The van der Waals surface area contributed by atoms with E-state index in [-0.39, 0.29) is 17.2 Å². The third-order valence-corrected chi connectivity index (χ3v) is 22.8. The molecule has 36 nitrogen and oxygen atoms in total. The van der Waals surface area contributed by atoms with Gasteiger partial charge in [-0.3, -0.25) is 71.0 Å². The topological polar surface area (TPSA) is 499 Å². The molecular weight excluding hydrogens is 1540 g/mol. The van der Waals surface area contributed by atoms with Gasteiger partial charge in [0.1, 0.15) is 73.9 Å². The van der Waals surface area contributed by atoms with Gasteiger partial charge in [0.05, 0.1) is 74.4 Å². The van der Waals surface area contributed by atoms with E-state index in [0.717, 1.165) is 36.8 Å². The first kappa shape index (κ1) is 89.7. The summed E-state index contributed by atoms with van der Waals surface area (Å²) in [6, 6.07) is 26.9. The molecule has 9 rings (SSSR count). The Balaban J connectivity index is 0.000000231. The Kier molecular flexibility index (Phi) is 31.4. The van der Waals surface area contributed by atoms with Crippen LogP contribution in [0.25, 0.3) is 0 Å². The van der Waals surface area contributed by atoms with Crippen LogP contribution in [0.3, 0.4) is 0 Å². The van der Waals surface area contributed by atoms with Crippen molar-refractivity contribution in [1.29, 1.82) is 0 Å². The molecule has 18 atom stereocenters. The van der Waals surface area contributed by atoms with Crippen LogP contribution in [0.2, 0.25) is 0 Å². The van der Waals surface area contributed by atoms with E-state index in [0.29, 0.717) is 13.7 Å². The molecule has 3 saturated heterocycles. The Morgan fingerprint density at radius 2 is 0.640 bits per heavy atom. The number of nitrogens with one attached hydrogen (secondary N) is 3. The fourth-order valence-corrected chi connectivity index (χ4v) is 16.8. The summed E-state index contributed by atoms with van der Waals surface area (Å²) in [6.07, 6.45) is -14.8. The summed E-state index contributed by atoms with van der Waals surface area (Å²) in [4.78, 5) is 114. The van der Waals surface area contributed by atoms with Gasteiger partial charge in [-0.1, -0.05) is 75.4 Å². The van der Waals surface area contributed by atoms with Gasteiger partial charge in [0.25, 0.3) is 16.7 Å². The Bertz CT molecular complexity index is 4160. The van der Waals surface area contributed by atoms with Crippen molar-refractivity contribution in [2.24, 2.45) is 17.8 Å². The van der Waals surface area contributed by atoms with Gasteiger partial charge in [0, 0.05) is 36.8 Å². The summed E-state index contributed by atoms with van der Waals surface area (Å²) < 4.78 is 151. The van der Waals surface area contributed by atoms with Gasteiger partial charge in [-0.25, -0.2) is 41.3 Å². The lowest BCUT2D eigenvalue weighted by Gasteiger charge is -2.28. The zero-order valence-corrected chi connectivity index (χ0v) is 64.1. The van der Waals surface area contributed by atoms with Crippen LogP contribution in [0.1, 0.15) is 81.0 Å². The average Bonchev–Trinajstić information content (AvgIpc) is 1.62. The number of carbonyl (C=O) groups is 3. The standard InChI is InChI=1S/3C23H30FN2O10P/c3*1-14(2)34-20(29)15(3)12-37(32,36-16-7-5-4-6-8-16)33-11-17-19(28)23(31,13-24)21(35-17)26-10-9-18(27)25-22(26)30/h3*4-10,14-15,17,19,21,28,31H,11-13H2,1-3H3,(H,25,27,30)/t15-,17-,19+,21-,23?,37?;15-,17-,19+,21-,23?,37+;15-,17-,19+,21-,23?,37-/m111/s1. The second-order valence-electron chi connectivity index (χ2n) is 27.0. The maximum absolute atomic E-state index is 13.9. The maximum Gasteiger partial charge on any atom is 0.380 e. The number of H-pyrrole nitrogens is 3. The number of aromatic amines is 3. The fraction of sp³-hybridized carbons (Fsp3) is 0.522. The van der Waals surface area contributed by atoms with E-state index in [2.05, 4.69) is 0 Å². The van der Waals surface area contributed by atoms with Gasteiger partial charge in [-0.2, -0.15) is 0 Å². The number of carbonyl (C=O) groups excluding carboxylic acids is 3. The molecule has 0 bridgehead atoms. The number of hydrogen-bond donors (Lipinski definition) is 9. The molecule has 111 heavy (non-hydrogen) atoms. The molecule has 3 aromatic heterocycles. The smallest absolute Gasteiger partial charge is 0.380 e. The summed E-state index contributed by atoms with van der Waals surface area (Å²) in [5.74, 6) is -4.04. The second kappa shape index (κ2) is 38.8. The number of aliphatic hydroxyl groups is 6. The van der Waals surface area contributed by atoms with Crippen molar-refractivity contribution in [1.82, 2.24) is 28.7 Å². The molecular formula is C69H90F3N6O30P3.